The highest BCUT2D eigenvalue weighted by Gasteiger charge is 2.34. The smallest absolute Gasteiger partial charge is 0.384 e. The van der Waals surface area contributed by atoms with E-state index in [2.05, 4.69) is 30.9 Å². The summed E-state index contributed by atoms with van der Waals surface area (Å²) in [5.74, 6) is 0.434. The Morgan fingerprint density at radius 1 is 1.21 bits per heavy atom. The number of nitrogens with zero attached hydrogens (tertiary/aromatic N) is 4. The van der Waals surface area contributed by atoms with Gasteiger partial charge in [0.2, 0.25) is 0 Å². The average Bonchev–Trinajstić information content (AvgIpc) is 2.69. The maximum atomic E-state index is 13.3. The Bertz CT molecular complexity index is 830. The van der Waals surface area contributed by atoms with Gasteiger partial charge in [0, 0.05) is 31.9 Å². The summed E-state index contributed by atoms with van der Waals surface area (Å²) in [4.78, 5) is 11.6. The first kappa shape index (κ1) is 19.8. The van der Waals surface area contributed by atoms with E-state index < -0.39 is 11.7 Å². The molecule has 0 aromatic carbocycles. The fourth-order valence-corrected chi connectivity index (χ4v) is 2.65. The van der Waals surface area contributed by atoms with Gasteiger partial charge in [0.15, 0.2) is 5.69 Å². The Kier molecular flexibility index (Phi) is 6.23. The molecule has 3 heterocycles. The third-order valence-electron chi connectivity index (χ3n) is 4.02. The number of nitriles is 1. The summed E-state index contributed by atoms with van der Waals surface area (Å²) >= 11 is 0. The van der Waals surface area contributed by atoms with Crippen LogP contribution in [0.15, 0.2) is 24.7 Å². The van der Waals surface area contributed by atoms with Crippen molar-refractivity contribution in [2.24, 2.45) is 0 Å². The van der Waals surface area contributed by atoms with Crippen molar-refractivity contribution in [3.05, 3.63) is 35.9 Å². The number of hydrogen-bond donors (Lipinski definition) is 3. The molecule has 8 nitrogen and oxygen atoms in total. The van der Waals surface area contributed by atoms with Crippen molar-refractivity contribution < 1.29 is 17.9 Å². The van der Waals surface area contributed by atoms with Crippen molar-refractivity contribution in [2.45, 2.75) is 18.7 Å². The molecule has 28 heavy (non-hydrogen) atoms. The molecular formula is C17H18F3N7O. The monoisotopic (exact) mass is 393 g/mol. The summed E-state index contributed by atoms with van der Waals surface area (Å²) < 4.78 is 45.4. The topological polar surface area (TPSA) is 108 Å². The molecule has 1 aliphatic heterocycles. The van der Waals surface area contributed by atoms with Gasteiger partial charge < -0.3 is 20.7 Å². The fourth-order valence-electron chi connectivity index (χ4n) is 2.65. The third-order valence-corrected chi connectivity index (χ3v) is 4.02. The first-order chi connectivity index (χ1) is 13.5. The lowest BCUT2D eigenvalue weighted by Gasteiger charge is -2.24. The van der Waals surface area contributed by atoms with E-state index in [-0.39, 0.29) is 29.1 Å². The second kappa shape index (κ2) is 8.81. The highest BCUT2D eigenvalue weighted by Crippen LogP contribution is 2.35. The molecule has 2 aromatic rings. The molecule has 148 valence electrons. The molecule has 1 aliphatic rings. The van der Waals surface area contributed by atoms with Crippen LogP contribution in [0.4, 0.5) is 30.5 Å². The fraction of sp³-hybridized carbons (Fsp3) is 0.412. The second-order valence-corrected chi connectivity index (χ2v) is 6.05. The normalized spacial score (nSPS) is 17.0. The van der Waals surface area contributed by atoms with E-state index in [0.717, 1.165) is 12.7 Å². The summed E-state index contributed by atoms with van der Waals surface area (Å²) in [6, 6.07) is 3.10. The van der Waals surface area contributed by atoms with Crippen LogP contribution in [0.5, 0.6) is 0 Å². The minimum atomic E-state index is -4.54. The van der Waals surface area contributed by atoms with Gasteiger partial charge in [-0.15, -0.1) is 0 Å². The number of ether oxygens (including phenoxy) is 1. The highest BCUT2D eigenvalue weighted by atomic mass is 19.4. The SMILES string of the molecule is N#Cc1cnc(Nc2cc(NCC[C@H]3CNCCO3)c(C(F)(F)F)cn2)cn1. The maximum absolute atomic E-state index is 13.3. The molecular weight excluding hydrogens is 375 g/mol. The molecule has 3 rings (SSSR count). The summed E-state index contributed by atoms with van der Waals surface area (Å²) in [5, 5.41) is 17.5. The molecule has 11 heteroatoms. The summed E-state index contributed by atoms with van der Waals surface area (Å²) in [5.41, 5.74) is -0.810. The molecule has 2 aromatic heterocycles. The average molecular weight is 393 g/mol. The van der Waals surface area contributed by atoms with E-state index in [9.17, 15) is 13.2 Å². The van der Waals surface area contributed by atoms with Gasteiger partial charge >= 0.3 is 6.18 Å². The number of hydrogen-bond acceptors (Lipinski definition) is 8. The quantitative estimate of drug-likeness (QED) is 0.686. The van der Waals surface area contributed by atoms with Crippen LogP contribution in [0.1, 0.15) is 17.7 Å². The minimum Gasteiger partial charge on any atom is -0.384 e. The van der Waals surface area contributed by atoms with Gasteiger partial charge in [0.25, 0.3) is 0 Å². The summed E-state index contributed by atoms with van der Waals surface area (Å²) in [6.45, 7) is 2.36. The van der Waals surface area contributed by atoms with E-state index in [4.69, 9.17) is 10.00 Å². The van der Waals surface area contributed by atoms with Crippen LogP contribution in [0, 0.1) is 11.3 Å². The van der Waals surface area contributed by atoms with Gasteiger partial charge in [-0.1, -0.05) is 0 Å². The molecule has 0 bridgehead atoms. The Balaban J connectivity index is 1.71. The number of aromatic nitrogens is 3. The third kappa shape index (κ3) is 5.28. The molecule has 0 amide bonds. The van der Waals surface area contributed by atoms with Crippen LogP contribution < -0.4 is 16.0 Å². The Labute approximate surface area is 159 Å². The maximum Gasteiger partial charge on any atom is 0.419 e. The number of anilines is 3. The van der Waals surface area contributed by atoms with Gasteiger partial charge in [0.1, 0.15) is 17.7 Å². The lowest BCUT2D eigenvalue weighted by molar-refractivity contribution is -0.137. The van der Waals surface area contributed by atoms with Gasteiger partial charge in [-0.2, -0.15) is 18.4 Å². The number of rotatable bonds is 6. The van der Waals surface area contributed by atoms with Gasteiger partial charge in [-0.05, 0) is 6.42 Å². The van der Waals surface area contributed by atoms with Crippen molar-refractivity contribution in [1.29, 1.82) is 5.26 Å². The highest BCUT2D eigenvalue weighted by molar-refractivity contribution is 5.62. The van der Waals surface area contributed by atoms with Crippen LogP contribution in [-0.4, -0.2) is 47.3 Å². The number of pyridine rings is 1. The summed E-state index contributed by atoms with van der Waals surface area (Å²) in [7, 11) is 0. The van der Waals surface area contributed by atoms with Crippen molar-refractivity contribution in [3.8, 4) is 6.07 Å². The van der Waals surface area contributed by atoms with Crippen molar-refractivity contribution in [2.75, 3.05) is 36.9 Å². The van der Waals surface area contributed by atoms with Crippen LogP contribution in [0.3, 0.4) is 0 Å². The Morgan fingerprint density at radius 2 is 2.04 bits per heavy atom. The van der Waals surface area contributed by atoms with Gasteiger partial charge in [0.05, 0.1) is 36.4 Å². The van der Waals surface area contributed by atoms with E-state index in [1.54, 1.807) is 0 Å². The van der Waals surface area contributed by atoms with E-state index >= 15 is 0 Å². The van der Waals surface area contributed by atoms with Crippen LogP contribution in [0.2, 0.25) is 0 Å². The van der Waals surface area contributed by atoms with E-state index in [0.29, 0.717) is 26.1 Å². The number of alkyl halides is 3. The number of nitrogens with one attached hydrogen (secondary N) is 3. The first-order valence-electron chi connectivity index (χ1n) is 8.58. The Hall–Kier alpha value is -2.97. The lowest BCUT2D eigenvalue weighted by atomic mass is 10.2. The van der Waals surface area contributed by atoms with Crippen molar-refractivity contribution in [3.63, 3.8) is 0 Å². The molecule has 1 saturated heterocycles. The molecule has 3 N–H and O–H groups in total. The molecule has 0 unspecified atom stereocenters. The van der Waals surface area contributed by atoms with Gasteiger partial charge in [-0.25, -0.2) is 15.0 Å². The zero-order chi connectivity index (χ0) is 20.0. The van der Waals surface area contributed by atoms with Crippen LogP contribution >= 0.6 is 0 Å². The Morgan fingerprint density at radius 3 is 2.68 bits per heavy atom. The van der Waals surface area contributed by atoms with Crippen LogP contribution in [0.25, 0.3) is 0 Å². The van der Waals surface area contributed by atoms with Crippen molar-refractivity contribution >= 4 is 17.3 Å². The molecule has 0 radical (unpaired) electrons. The zero-order valence-electron chi connectivity index (χ0n) is 14.8. The van der Waals surface area contributed by atoms with E-state index in [1.165, 1.54) is 18.5 Å². The van der Waals surface area contributed by atoms with E-state index in [1.807, 2.05) is 6.07 Å². The molecule has 1 fully saturated rings. The first-order valence-corrected chi connectivity index (χ1v) is 8.58. The van der Waals surface area contributed by atoms with Gasteiger partial charge in [-0.3, -0.25) is 0 Å². The molecule has 0 saturated carbocycles. The number of halogens is 3. The zero-order valence-corrected chi connectivity index (χ0v) is 14.8. The standard InChI is InChI=1S/C17H18F3N7O/c18-17(19,20)13-9-26-15(27-16-10-24-11(6-21)7-25-16)5-14(13)23-2-1-12-8-22-3-4-28-12/h5,7,9-10,12,22H,1-4,8H2,(H2,23,25,26,27)/t12-/m0/s1. The predicted molar refractivity (Wildman–Crippen MR) is 95.0 cm³/mol. The minimum absolute atomic E-state index is 0.0380. The second-order valence-electron chi connectivity index (χ2n) is 6.05. The molecule has 1 atom stereocenters. The molecule has 0 spiro atoms. The number of morpholine rings is 1. The lowest BCUT2D eigenvalue weighted by Crippen LogP contribution is -2.39. The predicted octanol–water partition coefficient (Wildman–Crippen LogP) is 2.30. The largest absolute Gasteiger partial charge is 0.419 e. The van der Waals surface area contributed by atoms with Crippen LogP contribution in [-0.2, 0) is 10.9 Å². The summed E-state index contributed by atoms with van der Waals surface area (Å²) in [6.07, 6.45) is -0.687. The molecule has 0 aliphatic carbocycles. The van der Waals surface area contributed by atoms with Crippen molar-refractivity contribution in [1.82, 2.24) is 20.3 Å².